The van der Waals surface area contributed by atoms with Crippen LogP contribution in [0.1, 0.15) is 69.5 Å². The summed E-state index contributed by atoms with van der Waals surface area (Å²) < 4.78 is 18.5. The molecule has 2 fully saturated rings. The number of halogens is 1. The third kappa shape index (κ3) is 9.58. The number of benzene rings is 2. The van der Waals surface area contributed by atoms with E-state index in [0.29, 0.717) is 46.5 Å². The Morgan fingerprint density at radius 3 is 2.42 bits per heavy atom. The highest BCUT2D eigenvalue weighted by Gasteiger charge is 2.28. The van der Waals surface area contributed by atoms with Gasteiger partial charge in [-0.2, -0.15) is 4.98 Å². The lowest BCUT2D eigenvalue weighted by atomic mass is 9.87. The molecule has 7 rings (SSSR count). The molecular weight excluding hydrogens is 764 g/mol. The number of nitrogens with one attached hydrogen (secondary N) is 3. The predicted octanol–water partition coefficient (Wildman–Crippen LogP) is 5.87. The standard InChI is InChI=1S/C45H55FN10O4/c1-5-21-55-43(59)36-28-48-44(52-41(36)56(55)40-10-6-9-39(51-40)45(2,3)60)50-32-11-14-34(15-12-32)54-24-17-30(18-25-54)29-53-22-19-31(20-23-53)35-16-13-33(27-37(35)46)49-38(8-7-26-57)42(58)47-4/h5-6,9-16,26-28,30-31,38,49,60H,1,7-8,17-25,29H2,2-4H3,(H,47,58)(H,48,50,52). The van der Waals surface area contributed by atoms with Crippen LogP contribution in [0.15, 0.2) is 84.3 Å². The number of aliphatic hydroxyl groups is 1. The maximum atomic E-state index is 15.3. The van der Waals surface area contributed by atoms with Gasteiger partial charge in [0.1, 0.15) is 29.1 Å². The highest BCUT2D eigenvalue weighted by atomic mass is 19.1. The second-order valence-corrected chi connectivity index (χ2v) is 16.3. The lowest BCUT2D eigenvalue weighted by Gasteiger charge is -2.38. The Morgan fingerprint density at radius 2 is 1.75 bits per heavy atom. The second kappa shape index (κ2) is 18.6. The third-order valence-corrected chi connectivity index (χ3v) is 11.7. The number of aromatic nitrogens is 5. The van der Waals surface area contributed by atoms with Crippen molar-refractivity contribution in [3.8, 4) is 5.82 Å². The van der Waals surface area contributed by atoms with Crippen LogP contribution in [0.3, 0.4) is 0 Å². The Bertz CT molecular complexity index is 2360. The zero-order valence-corrected chi connectivity index (χ0v) is 34.6. The number of hydrogen-bond acceptors (Lipinski definition) is 11. The fourth-order valence-electron chi connectivity index (χ4n) is 8.37. The van der Waals surface area contributed by atoms with E-state index in [1.54, 1.807) is 49.9 Å². The van der Waals surface area contributed by atoms with Crippen molar-refractivity contribution in [3.63, 3.8) is 0 Å². The number of nitrogens with zero attached hydrogens (tertiary/aromatic N) is 7. The number of allylic oxidation sites excluding steroid dienone is 1. The van der Waals surface area contributed by atoms with Crippen molar-refractivity contribution in [2.24, 2.45) is 5.92 Å². The molecule has 2 aliphatic rings. The molecule has 5 aromatic rings. The minimum absolute atomic E-state index is 0.153. The van der Waals surface area contributed by atoms with Gasteiger partial charge in [0.15, 0.2) is 11.5 Å². The van der Waals surface area contributed by atoms with E-state index in [-0.39, 0.29) is 36.2 Å². The van der Waals surface area contributed by atoms with Crippen LogP contribution in [0.2, 0.25) is 0 Å². The number of anilines is 4. The summed E-state index contributed by atoms with van der Waals surface area (Å²) in [5.74, 6) is 1.04. The first-order valence-electron chi connectivity index (χ1n) is 20.8. The molecule has 1 unspecified atom stereocenters. The molecule has 0 spiro atoms. The number of fused-ring (bicyclic) bond motifs is 1. The van der Waals surface area contributed by atoms with Gasteiger partial charge in [0.25, 0.3) is 5.56 Å². The van der Waals surface area contributed by atoms with Gasteiger partial charge in [0.05, 0.1) is 12.2 Å². The number of piperidine rings is 2. The van der Waals surface area contributed by atoms with E-state index < -0.39 is 11.6 Å². The first-order valence-corrected chi connectivity index (χ1v) is 20.8. The minimum Gasteiger partial charge on any atom is -0.384 e. The highest BCUT2D eigenvalue weighted by Crippen LogP contribution is 2.33. The lowest BCUT2D eigenvalue weighted by Crippen LogP contribution is -2.41. The molecule has 4 N–H and O–H groups in total. The zero-order chi connectivity index (χ0) is 42.4. The molecule has 5 heterocycles. The molecule has 0 aliphatic carbocycles. The Balaban J connectivity index is 0.916. The molecule has 2 saturated heterocycles. The lowest BCUT2D eigenvalue weighted by molar-refractivity contribution is -0.121. The predicted molar refractivity (Wildman–Crippen MR) is 233 cm³/mol. The molecule has 316 valence electrons. The number of hydrogen-bond donors (Lipinski definition) is 4. The number of likely N-dealkylation sites (N-methyl/N-ethyl adjacent to an activating group) is 1. The summed E-state index contributed by atoms with van der Waals surface area (Å²) in [4.78, 5) is 55.3. The SMILES string of the molecule is C=CCn1c(=O)c2cnc(Nc3ccc(N4CCC(CN5CCC(c6ccc(NC(CCC=O)C(=O)NC)cc6F)CC5)CC4)cc3)nc2n1-c1cccc(C(C)(C)O)n1. The average molecular weight is 819 g/mol. The van der Waals surface area contributed by atoms with Gasteiger partial charge in [-0.3, -0.25) is 9.59 Å². The maximum absolute atomic E-state index is 15.3. The topological polar surface area (TPSA) is 163 Å². The van der Waals surface area contributed by atoms with Crippen molar-refractivity contribution >= 4 is 46.2 Å². The molecular formula is C45H55FN10O4. The molecule has 2 aliphatic heterocycles. The maximum Gasteiger partial charge on any atom is 0.278 e. The quantitative estimate of drug-likeness (QED) is 0.0696. The number of carbonyl (C=O) groups excluding carboxylic acids is 2. The van der Waals surface area contributed by atoms with Crippen LogP contribution >= 0.6 is 0 Å². The molecule has 60 heavy (non-hydrogen) atoms. The molecule has 0 bridgehead atoms. The van der Waals surface area contributed by atoms with Crippen LogP contribution in [0, 0.1) is 11.7 Å². The number of rotatable bonds is 16. The Labute approximate surface area is 349 Å². The zero-order valence-electron chi connectivity index (χ0n) is 34.6. The van der Waals surface area contributed by atoms with Crippen molar-refractivity contribution in [2.75, 3.05) is 55.3 Å². The number of aldehydes is 1. The summed E-state index contributed by atoms with van der Waals surface area (Å²) in [6.07, 6.45) is 8.53. The third-order valence-electron chi connectivity index (χ3n) is 11.7. The largest absolute Gasteiger partial charge is 0.384 e. The van der Waals surface area contributed by atoms with Gasteiger partial charge >= 0.3 is 0 Å². The Hall–Kier alpha value is -5.93. The highest BCUT2D eigenvalue weighted by molar-refractivity contribution is 5.84. The summed E-state index contributed by atoms with van der Waals surface area (Å²) in [5.41, 5.74) is 2.63. The Kier molecular flexibility index (Phi) is 13.0. The summed E-state index contributed by atoms with van der Waals surface area (Å²) in [5, 5.41) is 19.9. The van der Waals surface area contributed by atoms with Crippen LogP contribution in [0.4, 0.5) is 27.4 Å². The number of carbonyl (C=O) groups is 2. The monoisotopic (exact) mass is 818 g/mol. The molecule has 1 atom stereocenters. The summed E-state index contributed by atoms with van der Waals surface area (Å²) in [6, 6.07) is 18.1. The van der Waals surface area contributed by atoms with E-state index in [4.69, 9.17) is 4.98 Å². The molecule has 15 heteroatoms. The first-order chi connectivity index (χ1) is 28.9. The molecule has 0 saturated carbocycles. The minimum atomic E-state index is -1.17. The molecule has 1 amide bonds. The summed E-state index contributed by atoms with van der Waals surface area (Å²) in [7, 11) is 1.55. The van der Waals surface area contributed by atoms with Gasteiger partial charge in [-0.15, -0.1) is 6.58 Å². The molecule has 3 aromatic heterocycles. The number of likely N-dealkylation sites (tertiary alicyclic amines) is 1. The van der Waals surface area contributed by atoms with Crippen LogP contribution < -0.4 is 26.4 Å². The van der Waals surface area contributed by atoms with Gasteiger partial charge in [0, 0.05) is 56.4 Å². The van der Waals surface area contributed by atoms with Crippen molar-refractivity contribution in [1.82, 2.24) is 34.5 Å². The molecule has 0 radical (unpaired) electrons. The van der Waals surface area contributed by atoms with E-state index in [1.807, 2.05) is 24.3 Å². The van der Waals surface area contributed by atoms with Crippen LogP contribution in [-0.4, -0.2) is 92.3 Å². The first kappa shape index (κ1) is 42.2. The number of pyridine rings is 1. The number of amides is 1. The van der Waals surface area contributed by atoms with E-state index in [0.717, 1.165) is 81.6 Å². The summed E-state index contributed by atoms with van der Waals surface area (Å²) in [6.45, 7) is 12.2. The fraction of sp³-hybridized carbons (Fsp3) is 0.422. The van der Waals surface area contributed by atoms with Crippen molar-refractivity contribution in [1.29, 1.82) is 0 Å². The van der Waals surface area contributed by atoms with Gasteiger partial charge < -0.3 is 35.7 Å². The summed E-state index contributed by atoms with van der Waals surface area (Å²) >= 11 is 0. The van der Waals surface area contributed by atoms with Gasteiger partial charge in [-0.25, -0.2) is 23.7 Å². The van der Waals surface area contributed by atoms with E-state index in [2.05, 4.69) is 54.4 Å². The van der Waals surface area contributed by atoms with Crippen LogP contribution in [-0.2, 0) is 21.7 Å². The Morgan fingerprint density at radius 1 is 1.02 bits per heavy atom. The van der Waals surface area contributed by atoms with E-state index in [1.165, 1.54) is 16.9 Å². The molecule has 14 nitrogen and oxygen atoms in total. The smallest absolute Gasteiger partial charge is 0.278 e. The average Bonchev–Trinajstić information content (AvgIpc) is 3.52. The second-order valence-electron chi connectivity index (χ2n) is 16.3. The van der Waals surface area contributed by atoms with Crippen molar-refractivity contribution < 1.29 is 19.1 Å². The van der Waals surface area contributed by atoms with Crippen molar-refractivity contribution in [3.05, 3.63) is 107 Å². The van der Waals surface area contributed by atoms with Crippen LogP contribution in [0.5, 0.6) is 0 Å². The van der Waals surface area contributed by atoms with Gasteiger partial charge in [-0.05, 0) is 125 Å². The normalized spacial score (nSPS) is 16.1. The fourth-order valence-corrected chi connectivity index (χ4v) is 8.37. The van der Waals surface area contributed by atoms with E-state index in [9.17, 15) is 19.5 Å². The van der Waals surface area contributed by atoms with Crippen molar-refractivity contribution in [2.45, 2.75) is 76.5 Å². The van der Waals surface area contributed by atoms with Gasteiger partial charge in [-0.1, -0.05) is 18.2 Å². The van der Waals surface area contributed by atoms with Crippen LogP contribution in [0.25, 0.3) is 16.9 Å². The molecule has 2 aromatic carbocycles. The van der Waals surface area contributed by atoms with E-state index >= 15 is 4.39 Å². The van der Waals surface area contributed by atoms with Gasteiger partial charge in [0.2, 0.25) is 11.9 Å².